The molecule has 0 saturated heterocycles. The van der Waals surface area contributed by atoms with Crippen molar-refractivity contribution in [3.8, 4) is 5.69 Å². The molecular weight excluding hydrogens is 378 g/mol. The van der Waals surface area contributed by atoms with Crippen molar-refractivity contribution in [2.45, 2.75) is 5.16 Å². The molecule has 1 aromatic heterocycles. The Labute approximate surface area is 157 Å². The van der Waals surface area contributed by atoms with Crippen LogP contribution in [0.2, 0.25) is 5.02 Å². The molecule has 1 amide bonds. The predicted molar refractivity (Wildman–Crippen MR) is 98.8 cm³/mol. The molecule has 0 aliphatic rings. The second-order valence-corrected chi connectivity index (χ2v) is 6.45. The average Bonchev–Trinajstić information content (AvgIpc) is 3.09. The first-order valence-electron chi connectivity index (χ1n) is 7.36. The van der Waals surface area contributed by atoms with Gasteiger partial charge in [-0.1, -0.05) is 41.6 Å². The van der Waals surface area contributed by atoms with E-state index in [2.05, 4.69) is 15.5 Å². The van der Waals surface area contributed by atoms with Gasteiger partial charge in [0.25, 0.3) is 5.69 Å². The minimum absolute atomic E-state index is 0.00912. The molecule has 10 heteroatoms. The van der Waals surface area contributed by atoms with Gasteiger partial charge in [-0.15, -0.1) is 10.2 Å². The summed E-state index contributed by atoms with van der Waals surface area (Å²) in [5.41, 5.74) is 0.698. The number of carbonyl (C=O) groups is 1. The van der Waals surface area contributed by atoms with E-state index in [1.54, 1.807) is 10.9 Å². The Bertz CT molecular complexity index is 948. The fourth-order valence-corrected chi connectivity index (χ4v) is 3.07. The van der Waals surface area contributed by atoms with Gasteiger partial charge in [0.1, 0.15) is 12.0 Å². The number of nitrogens with zero attached hydrogens (tertiary/aromatic N) is 4. The molecule has 0 unspecified atom stereocenters. The van der Waals surface area contributed by atoms with Crippen LogP contribution >= 0.6 is 23.4 Å². The van der Waals surface area contributed by atoms with E-state index in [0.29, 0.717) is 10.2 Å². The number of amides is 1. The van der Waals surface area contributed by atoms with Crippen molar-refractivity contribution in [1.29, 1.82) is 0 Å². The quantitative estimate of drug-likeness (QED) is 0.393. The third kappa shape index (κ3) is 4.19. The van der Waals surface area contributed by atoms with Gasteiger partial charge in [-0.05, 0) is 24.3 Å². The lowest BCUT2D eigenvalue weighted by Gasteiger charge is -2.07. The maximum atomic E-state index is 12.2. The van der Waals surface area contributed by atoms with Gasteiger partial charge in [0.2, 0.25) is 5.91 Å². The monoisotopic (exact) mass is 389 g/mol. The van der Waals surface area contributed by atoms with E-state index in [-0.39, 0.29) is 17.1 Å². The van der Waals surface area contributed by atoms with Crippen molar-refractivity contribution in [2.24, 2.45) is 0 Å². The number of aromatic nitrogens is 3. The zero-order valence-corrected chi connectivity index (χ0v) is 14.8. The molecule has 1 heterocycles. The standard InChI is InChI=1S/C16H12ClN5O3S/c17-11-6-7-14(22(24)25)13(8-11)19-15(23)9-26-16-20-18-10-21(16)12-4-2-1-3-5-12/h1-8,10H,9H2,(H,19,23). The topological polar surface area (TPSA) is 103 Å². The minimum Gasteiger partial charge on any atom is -0.320 e. The van der Waals surface area contributed by atoms with E-state index in [9.17, 15) is 14.9 Å². The largest absolute Gasteiger partial charge is 0.320 e. The summed E-state index contributed by atoms with van der Waals surface area (Å²) in [6, 6.07) is 13.4. The number of rotatable bonds is 6. The van der Waals surface area contributed by atoms with Crippen LogP contribution < -0.4 is 5.32 Å². The highest BCUT2D eigenvalue weighted by molar-refractivity contribution is 7.99. The van der Waals surface area contributed by atoms with Gasteiger partial charge in [-0.3, -0.25) is 19.5 Å². The van der Waals surface area contributed by atoms with Crippen LogP contribution in [0.15, 0.2) is 60.0 Å². The Balaban J connectivity index is 1.69. The van der Waals surface area contributed by atoms with E-state index < -0.39 is 10.8 Å². The van der Waals surface area contributed by atoms with Gasteiger partial charge in [0, 0.05) is 16.8 Å². The van der Waals surface area contributed by atoms with Crippen molar-refractivity contribution in [2.75, 3.05) is 11.1 Å². The first-order valence-corrected chi connectivity index (χ1v) is 8.73. The van der Waals surface area contributed by atoms with Gasteiger partial charge >= 0.3 is 0 Å². The van der Waals surface area contributed by atoms with Crippen LogP contribution in [0.25, 0.3) is 5.69 Å². The fraction of sp³-hybridized carbons (Fsp3) is 0.0625. The van der Waals surface area contributed by atoms with Crippen molar-refractivity contribution < 1.29 is 9.72 Å². The average molecular weight is 390 g/mol. The summed E-state index contributed by atoms with van der Waals surface area (Å²) in [7, 11) is 0. The lowest BCUT2D eigenvalue weighted by Crippen LogP contribution is -2.15. The Morgan fingerprint density at radius 3 is 2.77 bits per heavy atom. The molecule has 3 rings (SSSR count). The highest BCUT2D eigenvalue weighted by Gasteiger charge is 2.17. The molecule has 0 bridgehead atoms. The minimum atomic E-state index is -0.578. The number of halogens is 1. The predicted octanol–water partition coefficient (Wildman–Crippen LogP) is 3.56. The number of nitro benzene ring substituents is 1. The lowest BCUT2D eigenvalue weighted by molar-refractivity contribution is -0.383. The maximum Gasteiger partial charge on any atom is 0.292 e. The van der Waals surface area contributed by atoms with Crippen molar-refractivity contribution in [3.63, 3.8) is 0 Å². The smallest absolute Gasteiger partial charge is 0.292 e. The molecule has 132 valence electrons. The Hall–Kier alpha value is -2.91. The number of para-hydroxylation sites is 1. The molecule has 26 heavy (non-hydrogen) atoms. The highest BCUT2D eigenvalue weighted by atomic mass is 35.5. The van der Waals surface area contributed by atoms with E-state index in [1.807, 2.05) is 30.3 Å². The van der Waals surface area contributed by atoms with Gasteiger partial charge < -0.3 is 5.32 Å². The van der Waals surface area contributed by atoms with Crippen molar-refractivity contribution in [3.05, 3.63) is 70.0 Å². The molecule has 2 aromatic carbocycles. The van der Waals surface area contributed by atoms with Crippen LogP contribution in [-0.2, 0) is 4.79 Å². The van der Waals surface area contributed by atoms with E-state index >= 15 is 0 Å². The van der Waals surface area contributed by atoms with Gasteiger partial charge in [-0.2, -0.15) is 0 Å². The first-order chi connectivity index (χ1) is 12.5. The van der Waals surface area contributed by atoms with E-state index in [1.165, 1.54) is 30.0 Å². The molecule has 0 radical (unpaired) electrons. The number of thioether (sulfide) groups is 1. The summed E-state index contributed by atoms with van der Waals surface area (Å²) < 4.78 is 1.75. The van der Waals surface area contributed by atoms with Gasteiger partial charge in [-0.25, -0.2) is 0 Å². The molecule has 0 spiro atoms. The summed E-state index contributed by atoms with van der Waals surface area (Å²) in [5, 5.41) is 22.2. The molecule has 1 N–H and O–H groups in total. The highest BCUT2D eigenvalue weighted by Crippen LogP contribution is 2.28. The SMILES string of the molecule is O=C(CSc1nncn1-c1ccccc1)Nc1cc(Cl)ccc1[N+](=O)[O-]. The molecular formula is C16H12ClN5O3S. The number of hydrogen-bond donors (Lipinski definition) is 1. The number of anilines is 1. The van der Waals surface area contributed by atoms with Gasteiger partial charge in [0.15, 0.2) is 5.16 Å². The van der Waals surface area contributed by atoms with Crippen LogP contribution in [0.3, 0.4) is 0 Å². The lowest BCUT2D eigenvalue weighted by atomic mass is 10.2. The zero-order chi connectivity index (χ0) is 18.5. The van der Waals surface area contributed by atoms with Gasteiger partial charge in [0.05, 0.1) is 10.7 Å². The summed E-state index contributed by atoms with van der Waals surface area (Å²) in [5.74, 6) is -0.405. The molecule has 0 saturated carbocycles. The van der Waals surface area contributed by atoms with E-state index in [4.69, 9.17) is 11.6 Å². The molecule has 0 atom stereocenters. The second-order valence-electron chi connectivity index (χ2n) is 5.07. The fourth-order valence-electron chi connectivity index (χ4n) is 2.17. The number of benzene rings is 2. The third-order valence-corrected chi connectivity index (χ3v) is 4.49. The number of nitro groups is 1. The van der Waals surface area contributed by atoms with Crippen molar-refractivity contribution >= 4 is 40.6 Å². The Morgan fingerprint density at radius 1 is 1.27 bits per heavy atom. The Morgan fingerprint density at radius 2 is 2.04 bits per heavy atom. The maximum absolute atomic E-state index is 12.2. The van der Waals surface area contributed by atoms with E-state index in [0.717, 1.165) is 5.69 Å². The van der Waals surface area contributed by atoms with Crippen LogP contribution in [0.1, 0.15) is 0 Å². The zero-order valence-electron chi connectivity index (χ0n) is 13.2. The molecule has 0 fully saturated rings. The Kier molecular flexibility index (Phi) is 5.49. The number of hydrogen-bond acceptors (Lipinski definition) is 6. The summed E-state index contributed by atoms with van der Waals surface area (Å²) >= 11 is 7.02. The normalized spacial score (nSPS) is 10.5. The molecule has 3 aromatic rings. The second kappa shape index (κ2) is 7.98. The molecule has 8 nitrogen and oxygen atoms in total. The van der Waals surface area contributed by atoms with Crippen LogP contribution in [0, 0.1) is 10.1 Å². The van der Waals surface area contributed by atoms with Crippen molar-refractivity contribution in [1.82, 2.24) is 14.8 Å². The third-order valence-electron chi connectivity index (χ3n) is 3.31. The summed E-state index contributed by atoms with van der Waals surface area (Å²) in [4.78, 5) is 22.7. The molecule has 0 aliphatic carbocycles. The number of nitrogens with one attached hydrogen (secondary N) is 1. The summed E-state index contributed by atoms with van der Waals surface area (Å²) in [6.45, 7) is 0. The number of carbonyl (C=O) groups excluding carboxylic acids is 1. The van der Waals surface area contributed by atoms with Crippen LogP contribution in [-0.4, -0.2) is 31.3 Å². The van der Waals surface area contributed by atoms with Crippen LogP contribution in [0.5, 0.6) is 0 Å². The van der Waals surface area contributed by atoms with Crippen LogP contribution in [0.4, 0.5) is 11.4 Å². The first kappa shape index (κ1) is 17.9. The summed E-state index contributed by atoms with van der Waals surface area (Å²) in [6.07, 6.45) is 1.55. The molecule has 0 aliphatic heterocycles.